The molecule has 0 aliphatic carbocycles. The molecule has 0 amide bonds. The van der Waals surface area contributed by atoms with E-state index >= 15 is 0 Å². The van der Waals surface area contributed by atoms with Crippen LogP contribution in [-0.2, 0) is 4.74 Å². The first-order valence-electron chi connectivity index (χ1n) is 2.38. The molecule has 0 aromatic heterocycles. The highest BCUT2D eigenvalue weighted by Gasteiger charge is 2.04. The van der Waals surface area contributed by atoms with E-state index in [9.17, 15) is 0 Å². The molecule has 0 aromatic carbocycles. The fraction of sp³-hybridized carbons (Fsp3) is 1.00. The Labute approximate surface area is 80.5 Å². The van der Waals surface area contributed by atoms with Crippen LogP contribution < -0.4 is 0 Å². The number of halogens is 2. The Morgan fingerprint density at radius 1 is 1.25 bits per heavy atom. The molecular formula is C4H9I2NO. The molecule has 1 fully saturated rings. The molecule has 0 N–H and O–H groups in total. The van der Waals surface area contributed by atoms with Gasteiger partial charge in [-0.15, -0.1) is 24.0 Å². The highest BCUT2D eigenvalue weighted by Crippen LogP contribution is 2.01. The van der Waals surface area contributed by atoms with Gasteiger partial charge in [-0.1, -0.05) is 0 Å². The molecule has 1 aliphatic heterocycles. The molecule has 1 rings (SSSR count). The number of ether oxygens (including phenoxy) is 1. The van der Waals surface area contributed by atoms with Crippen LogP contribution in [-0.4, -0.2) is 29.4 Å². The number of morpholine rings is 1. The Hall–Kier alpha value is 1.38. The Kier molecular flexibility index (Phi) is 6.08. The monoisotopic (exact) mass is 341 g/mol. The summed E-state index contributed by atoms with van der Waals surface area (Å²) in [4.78, 5) is 0. The first kappa shape index (κ1) is 9.38. The lowest BCUT2D eigenvalue weighted by Gasteiger charge is -2.19. The van der Waals surface area contributed by atoms with Crippen LogP contribution >= 0.6 is 46.8 Å². The van der Waals surface area contributed by atoms with Crippen molar-refractivity contribution in [1.29, 1.82) is 0 Å². The summed E-state index contributed by atoms with van der Waals surface area (Å²) in [7, 11) is 0. The van der Waals surface area contributed by atoms with Crippen molar-refractivity contribution in [3.8, 4) is 0 Å². The first-order valence-corrected chi connectivity index (χ1v) is 3.34. The molecule has 1 aliphatic rings. The predicted molar refractivity (Wildman–Crippen MR) is 51.8 cm³/mol. The summed E-state index contributed by atoms with van der Waals surface area (Å²) in [6, 6.07) is 0. The van der Waals surface area contributed by atoms with Crippen molar-refractivity contribution in [2.75, 3.05) is 26.3 Å². The zero-order valence-corrected chi connectivity index (χ0v) is 8.96. The molecule has 1 heterocycles. The fourth-order valence-electron chi connectivity index (χ4n) is 0.541. The number of rotatable bonds is 0. The summed E-state index contributed by atoms with van der Waals surface area (Å²) >= 11 is 2.31. The maximum atomic E-state index is 5.09. The van der Waals surface area contributed by atoms with Gasteiger partial charge < -0.3 is 4.74 Å². The third-order valence-electron chi connectivity index (χ3n) is 0.957. The zero-order valence-electron chi connectivity index (χ0n) is 4.47. The van der Waals surface area contributed by atoms with Crippen molar-refractivity contribution >= 4 is 46.8 Å². The van der Waals surface area contributed by atoms with Crippen molar-refractivity contribution in [1.82, 2.24) is 3.11 Å². The van der Waals surface area contributed by atoms with E-state index in [0.29, 0.717) is 0 Å². The number of hydrogen-bond donors (Lipinski definition) is 0. The van der Waals surface area contributed by atoms with Crippen LogP contribution in [0.2, 0.25) is 0 Å². The number of nitrogens with zero attached hydrogens (tertiary/aromatic N) is 1. The van der Waals surface area contributed by atoms with Crippen LogP contribution in [0.1, 0.15) is 0 Å². The summed E-state index contributed by atoms with van der Waals surface area (Å²) < 4.78 is 7.33. The lowest BCUT2D eigenvalue weighted by Crippen LogP contribution is -2.28. The van der Waals surface area contributed by atoms with Crippen LogP contribution in [0.5, 0.6) is 0 Å². The molecule has 8 heavy (non-hydrogen) atoms. The predicted octanol–water partition coefficient (Wildman–Crippen LogP) is 1.29. The molecule has 2 nitrogen and oxygen atoms in total. The highest BCUT2D eigenvalue weighted by molar-refractivity contribution is 14.1. The second kappa shape index (κ2) is 5.19. The second-order valence-corrected chi connectivity index (χ2v) is 2.89. The molecule has 0 aromatic rings. The van der Waals surface area contributed by atoms with E-state index in [1.807, 2.05) is 0 Å². The molecule has 0 spiro atoms. The van der Waals surface area contributed by atoms with Gasteiger partial charge in [0.05, 0.1) is 13.2 Å². The van der Waals surface area contributed by atoms with E-state index in [1.54, 1.807) is 0 Å². The van der Waals surface area contributed by atoms with Crippen molar-refractivity contribution in [3.63, 3.8) is 0 Å². The average Bonchev–Trinajstić information content (AvgIpc) is 1.69. The van der Waals surface area contributed by atoms with E-state index in [0.717, 1.165) is 26.3 Å². The van der Waals surface area contributed by atoms with Gasteiger partial charge in [-0.05, 0) is 0 Å². The molecule has 0 unspecified atom stereocenters. The van der Waals surface area contributed by atoms with Crippen LogP contribution in [0.15, 0.2) is 0 Å². The second-order valence-electron chi connectivity index (χ2n) is 1.52. The molecule has 50 valence electrons. The smallest absolute Gasteiger partial charge is 0.0602 e. The van der Waals surface area contributed by atoms with E-state index < -0.39 is 0 Å². The summed E-state index contributed by atoms with van der Waals surface area (Å²) in [6.45, 7) is 3.98. The van der Waals surface area contributed by atoms with Gasteiger partial charge in [-0.25, -0.2) is 3.11 Å². The van der Waals surface area contributed by atoms with Crippen molar-refractivity contribution < 1.29 is 4.74 Å². The SMILES string of the molecule is I.IN1CCOCC1. The average molecular weight is 341 g/mol. The van der Waals surface area contributed by atoms with E-state index in [2.05, 4.69) is 26.0 Å². The minimum Gasteiger partial charge on any atom is -0.379 e. The van der Waals surface area contributed by atoms with Crippen LogP contribution in [0, 0.1) is 0 Å². The summed E-state index contributed by atoms with van der Waals surface area (Å²) in [6.07, 6.45) is 0. The maximum absolute atomic E-state index is 5.09. The lowest BCUT2D eigenvalue weighted by molar-refractivity contribution is 0.0836. The molecule has 0 atom stereocenters. The van der Waals surface area contributed by atoms with Gasteiger partial charge in [-0.2, -0.15) is 0 Å². The minimum absolute atomic E-state index is 0. The van der Waals surface area contributed by atoms with Gasteiger partial charge in [0.2, 0.25) is 0 Å². The lowest BCUT2D eigenvalue weighted by atomic mass is 10.5. The summed E-state index contributed by atoms with van der Waals surface area (Å²) in [5.41, 5.74) is 0. The van der Waals surface area contributed by atoms with Gasteiger partial charge in [0, 0.05) is 36.0 Å². The Balaban J connectivity index is 0.000000490. The van der Waals surface area contributed by atoms with Crippen LogP contribution in [0.25, 0.3) is 0 Å². The number of hydrogen-bond acceptors (Lipinski definition) is 2. The van der Waals surface area contributed by atoms with Gasteiger partial charge in [0.25, 0.3) is 0 Å². The van der Waals surface area contributed by atoms with E-state index in [1.165, 1.54) is 0 Å². The van der Waals surface area contributed by atoms with E-state index in [4.69, 9.17) is 4.74 Å². The largest absolute Gasteiger partial charge is 0.379 e. The minimum atomic E-state index is 0. The Morgan fingerprint density at radius 2 is 1.75 bits per heavy atom. The van der Waals surface area contributed by atoms with Crippen molar-refractivity contribution in [2.24, 2.45) is 0 Å². The molecule has 0 radical (unpaired) electrons. The van der Waals surface area contributed by atoms with Gasteiger partial charge in [0.1, 0.15) is 0 Å². The first-order chi connectivity index (χ1) is 3.39. The van der Waals surface area contributed by atoms with Gasteiger partial charge in [-0.3, -0.25) is 0 Å². The quantitative estimate of drug-likeness (QED) is 0.486. The molecule has 0 bridgehead atoms. The van der Waals surface area contributed by atoms with Crippen molar-refractivity contribution in [2.45, 2.75) is 0 Å². The van der Waals surface area contributed by atoms with Crippen LogP contribution in [0.3, 0.4) is 0 Å². The third kappa shape index (κ3) is 3.41. The molecule has 4 heteroatoms. The zero-order chi connectivity index (χ0) is 5.11. The molecule has 1 saturated heterocycles. The highest BCUT2D eigenvalue weighted by atomic mass is 127. The Bertz CT molecular complexity index is 56.0. The van der Waals surface area contributed by atoms with Crippen molar-refractivity contribution in [3.05, 3.63) is 0 Å². The molecular weight excluding hydrogens is 332 g/mol. The maximum Gasteiger partial charge on any atom is 0.0602 e. The topological polar surface area (TPSA) is 12.5 Å². The fourth-order valence-corrected chi connectivity index (χ4v) is 0.935. The normalized spacial score (nSPS) is 22.1. The third-order valence-corrected chi connectivity index (χ3v) is 1.92. The summed E-state index contributed by atoms with van der Waals surface area (Å²) in [5.74, 6) is 0. The van der Waals surface area contributed by atoms with Crippen LogP contribution in [0.4, 0.5) is 0 Å². The van der Waals surface area contributed by atoms with Gasteiger partial charge in [0.15, 0.2) is 0 Å². The summed E-state index contributed by atoms with van der Waals surface area (Å²) in [5, 5.41) is 0. The molecule has 0 saturated carbocycles. The Morgan fingerprint density at radius 3 is 2.00 bits per heavy atom. The van der Waals surface area contributed by atoms with Gasteiger partial charge >= 0.3 is 0 Å². The standard InChI is InChI=1S/C4H8INO.HI/c5-6-1-3-7-4-2-6;/h1-4H2;1H. The van der Waals surface area contributed by atoms with E-state index in [-0.39, 0.29) is 24.0 Å².